The number of fused-ring (bicyclic) bond motifs is 1. The molecule has 0 unspecified atom stereocenters. The third kappa shape index (κ3) is 3.45. The molecule has 0 saturated carbocycles. The highest BCUT2D eigenvalue weighted by molar-refractivity contribution is 7.98. The van der Waals surface area contributed by atoms with Crippen molar-refractivity contribution in [1.29, 1.82) is 5.26 Å². The van der Waals surface area contributed by atoms with E-state index in [0.29, 0.717) is 21.9 Å². The first-order valence-corrected chi connectivity index (χ1v) is 8.71. The van der Waals surface area contributed by atoms with Gasteiger partial charge < -0.3 is 4.42 Å². The van der Waals surface area contributed by atoms with Gasteiger partial charge in [0, 0.05) is 28.4 Å². The molecule has 0 aliphatic heterocycles. The van der Waals surface area contributed by atoms with Crippen LogP contribution in [-0.2, 0) is 12.2 Å². The zero-order valence-corrected chi connectivity index (χ0v) is 14.4. The van der Waals surface area contributed by atoms with Gasteiger partial charge >= 0.3 is 5.63 Å². The Bertz CT molecular complexity index is 1010. The number of nitriles is 1. The maximum absolute atomic E-state index is 11.8. The van der Waals surface area contributed by atoms with Gasteiger partial charge in [0.25, 0.3) is 0 Å². The Morgan fingerprint density at radius 1 is 1.29 bits per heavy atom. The quantitative estimate of drug-likeness (QED) is 0.506. The number of hydrogen-bond donors (Lipinski definition) is 0. The summed E-state index contributed by atoms with van der Waals surface area (Å²) < 4.78 is 5.31. The minimum Gasteiger partial charge on any atom is -0.423 e. The predicted molar refractivity (Wildman–Crippen MR) is 95.4 cm³/mol. The average Bonchev–Trinajstić information content (AvgIpc) is 2.59. The molecule has 0 saturated heterocycles. The van der Waals surface area contributed by atoms with Crippen molar-refractivity contribution < 1.29 is 4.42 Å². The van der Waals surface area contributed by atoms with E-state index in [9.17, 15) is 4.79 Å². The van der Waals surface area contributed by atoms with Crippen LogP contribution in [0.25, 0.3) is 11.0 Å². The lowest BCUT2D eigenvalue weighted by molar-refractivity contribution is 0.559. The van der Waals surface area contributed by atoms with E-state index in [1.807, 2.05) is 19.1 Å². The summed E-state index contributed by atoms with van der Waals surface area (Å²) in [5.74, 6) is 0.534. The van der Waals surface area contributed by atoms with Crippen molar-refractivity contribution in [3.05, 3.63) is 68.7 Å². The minimum absolute atomic E-state index is 0.388. The van der Waals surface area contributed by atoms with E-state index in [0.717, 1.165) is 28.0 Å². The Balaban J connectivity index is 1.98. The predicted octanol–water partition coefficient (Wildman–Crippen LogP) is 4.57. The molecule has 3 rings (SSSR count). The Morgan fingerprint density at radius 3 is 2.88 bits per heavy atom. The summed E-state index contributed by atoms with van der Waals surface area (Å²) in [6.07, 6.45) is 2.37. The fourth-order valence-electron chi connectivity index (χ4n) is 2.39. The van der Waals surface area contributed by atoms with Crippen LogP contribution in [0, 0.1) is 11.3 Å². The molecular weight excluding hydrogens is 344 g/mol. The van der Waals surface area contributed by atoms with Gasteiger partial charge in [0.1, 0.15) is 5.58 Å². The van der Waals surface area contributed by atoms with Crippen molar-refractivity contribution in [2.45, 2.75) is 24.1 Å². The van der Waals surface area contributed by atoms with Crippen LogP contribution in [-0.4, -0.2) is 4.98 Å². The van der Waals surface area contributed by atoms with E-state index in [1.165, 1.54) is 17.8 Å². The standard InChI is InChI=1S/C18H13ClN2O2S/c1-2-12-6-16-14(8-15(12)19)13(7-18(22)23-16)10-24-17-5-11(9-20)3-4-21-17/h3-8H,2,10H2,1H3. The average molecular weight is 357 g/mol. The zero-order valence-electron chi connectivity index (χ0n) is 12.9. The molecule has 0 N–H and O–H groups in total. The molecule has 2 heterocycles. The summed E-state index contributed by atoms with van der Waals surface area (Å²) >= 11 is 7.75. The molecule has 1 aromatic carbocycles. The molecule has 0 aliphatic carbocycles. The lowest BCUT2D eigenvalue weighted by Gasteiger charge is -2.08. The van der Waals surface area contributed by atoms with Gasteiger partial charge in [-0.05, 0) is 41.8 Å². The van der Waals surface area contributed by atoms with Gasteiger partial charge in [-0.1, -0.05) is 18.5 Å². The maximum Gasteiger partial charge on any atom is 0.336 e. The minimum atomic E-state index is -0.388. The number of nitrogens with zero attached hydrogens (tertiary/aromatic N) is 2. The van der Waals surface area contributed by atoms with Crippen LogP contribution in [0.2, 0.25) is 5.02 Å². The summed E-state index contributed by atoms with van der Waals surface area (Å²) in [4.78, 5) is 16.1. The smallest absolute Gasteiger partial charge is 0.336 e. The Morgan fingerprint density at radius 2 is 2.12 bits per heavy atom. The Kier molecular flexibility index (Phi) is 4.89. The third-order valence-electron chi connectivity index (χ3n) is 3.62. The molecule has 0 amide bonds. The van der Waals surface area contributed by atoms with Crippen molar-refractivity contribution >= 4 is 34.3 Å². The highest BCUT2D eigenvalue weighted by atomic mass is 35.5. The molecule has 0 spiro atoms. The van der Waals surface area contributed by atoms with E-state index in [1.54, 1.807) is 18.3 Å². The summed E-state index contributed by atoms with van der Waals surface area (Å²) in [7, 11) is 0. The van der Waals surface area contributed by atoms with Gasteiger partial charge in [0.2, 0.25) is 0 Å². The summed E-state index contributed by atoms with van der Waals surface area (Å²) in [6, 6.07) is 10.6. The van der Waals surface area contributed by atoms with E-state index >= 15 is 0 Å². The second-order valence-corrected chi connectivity index (χ2v) is 6.57. The fraction of sp³-hybridized carbons (Fsp3) is 0.167. The molecule has 120 valence electrons. The molecule has 24 heavy (non-hydrogen) atoms. The normalized spacial score (nSPS) is 10.7. The molecule has 0 atom stereocenters. The van der Waals surface area contributed by atoms with Gasteiger partial charge in [-0.3, -0.25) is 0 Å². The van der Waals surface area contributed by atoms with Crippen LogP contribution < -0.4 is 5.63 Å². The van der Waals surface area contributed by atoms with Crippen molar-refractivity contribution in [3.8, 4) is 6.07 Å². The molecule has 0 radical (unpaired) electrons. The topological polar surface area (TPSA) is 66.9 Å². The van der Waals surface area contributed by atoms with Gasteiger partial charge in [-0.15, -0.1) is 11.8 Å². The van der Waals surface area contributed by atoms with Crippen LogP contribution >= 0.6 is 23.4 Å². The van der Waals surface area contributed by atoms with E-state index in [-0.39, 0.29) is 5.63 Å². The Hall–Kier alpha value is -2.29. The highest BCUT2D eigenvalue weighted by Gasteiger charge is 2.10. The molecule has 2 aromatic heterocycles. The van der Waals surface area contributed by atoms with Crippen molar-refractivity contribution in [2.24, 2.45) is 0 Å². The molecule has 6 heteroatoms. The lowest BCUT2D eigenvalue weighted by atomic mass is 10.1. The van der Waals surface area contributed by atoms with E-state index < -0.39 is 0 Å². The molecular formula is C18H13ClN2O2S. The van der Waals surface area contributed by atoms with Crippen molar-refractivity contribution in [2.75, 3.05) is 0 Å². The van der Waals surface area contributed by atoms with Gasteiger partial charge in [-0.2, -0.15) is 5.26 Å². The number of thioether (sulfide) groups is 1. The first-order chi connectivity index (χ1) is 11.6. The van der Waals surface area contributed by atoms with Gasteiger partial charge in [-0.25, -0.2) is 9.78 Å². The first-order valence-electron chi connectivity index (χ1n) is 7.35. The van der Waals surface area contributed by atoms with Crippen molar-refractivity contribution in [3.63, 3.8) is 0 Å². The zero-order chi connectivity index (χ0) is 17.1. The highest BCUT2D eigenvalue weighted by Crippen LogP contribution is 2.29. The van der Waals surface area contributed by atoms with Crippen molar-refractivity contribution in [1.82, 2.24) is 4.98 Å². The number of halogens is 1. The van der Waals surface area contributed by atoms with E-state index in [4.69, 9.17) is 21.3 Å². The summed E-state index contributed by atoms with van der Waals surface area (Å²) in [5, 5.41) is 11.2. The number of rotatable bonds is 4. The first kappa shape index (κ1) is 16.6. The van der Waals surface area contributed by atoms with Crippen LogP contribution in [0.5, 0.6) is 0 Å². The molecule has 4 nitrogen and oxygen atoms in total. The van der Waals surface area contributed by atoms with Crippen LogP contribution in [0.4, 0.5) is 0 Å². The molecule has 0 bridgehead atoms. The van der Waals surface area contributed by atoms with Crippen LogP contribution in [0.1, 0.15) is 23.6 Å². The second kappa shape index (κ2) is 7.08. The number of hydrogen-bond acceptors (Lipinski definition) is 5. The fourth-order valence-corrected chi connectivity index (χ4v) is 3.57. The number of benzene rings is 1. The molecule has 0 fully saturated rings. The number of aryl methyl sites for hydroxylation is 1. The summed E-state index contributed by atoms with van der Waals surface area (Å²) in [6.45, 7) is 2.00. The Labute approximate surface area is 148 Å². The molecule has 3 aromatic rings. The largest absolute Gasteiger partial charge is 0.423 e. The number of pyridine rings is 1. The number of aromatic nitrogens is 1. The molecule has 0 aliphatic rings. The van der Waals surface area contributed by atoms with Crippen LogP contribution in [0.15, 0.2) is 50.8 Å². The van der Waals surface area contributed by atoms with Gasteiger partial charge in [0.15, 0.2) is 0 Å². The second-order valence-electron chi connectivity index (χ2n) is 5.17. The van der Waals surface area contributed by atoms with Crippen LogP contribution in [0.3, 0.4) is 0 Å². The third-order valence-corrected chi connectivity index (χ3v) is 4.94. The maximum atomic E-state index is 11.8. The van der Waals surface area contributed by atoms with Gasteiger partial charge in [0.05, 0.1) is 16.7 Å². The lowest BCUT2D eigenvalue weighted by Crippen LogP contribution is -2.01. The van der Waals surface area contributed by atoms with E-state index in [2.05, 4.69) is 11.1 Å². The summed E-state index contributed by atoms with van der Waals surface area (Å²) in [5.41, 5.74) is 2.49. The monoisotopic (exact) mass is 356 g/mol. The SMILES string of the molecule is CCc1cc2oc(=O)cc(CSc3cc(C#N)ccn3)c2cc1Cl.